The molecular formula is C12H16F2N2O3S. The fraction of sp³-hybridized carbons (Fsp3) is 0.417. The lowest BCUT2D eigenvalue weighted by molar-refractivity contribution is -0.116. The quantitative estimate of drug-likeness (QED) is 0.789. The fourth-order valence-corrected chi connectivity index (χ4v) is 2.11. The Morgan fingerprint density at radius 1 is 1.25 bits per heavy atom. The first kappa shape index (κ1) is 16.5. The molecule has 5 nitrogen and oxygen atoms in total. The minimum atomic E-state index is -4.20. The first-order chi connectivity index (χ1) is 9.25. The van der Waals surface area contributed by atoms with Gasteiger partial charge in [0.25, 0.3) is 0 Å². The number of unbranched alkanes of at least 4 members (excludes halogenated alkanes) is 2. The van der Waals surface area contributed by atoms with Crippen molar-refractivity contribution >= 4 is 21.6 Å². The Bertz CT molecular complexity index is 580. The van der Waals surface area contributed by atoms with E-state index in [0.717, 1.165) is 12.8 Å². The van der Waals surface area contributed by atoms with Crippen LogP contribution in [0.1, 0.15) is 32.6 Å². The van der Waals surface area contributed by atoms with Crippen molar-refractivity contribution in [2.75, 3.05) is 5.32 Å². The van der Waals surface area contributed by atoms with Gasteiger partial charge in [0.2, 0.25) is 15.9 Å². The molecule has 0 radical (unpaired) electrons. The van der Waals surface area contributed by atoms with Crippen LogP contribution in [0.2, 0.25) is 0 Å². The maximum atomic E-state index is 13.6. The van der Waals surface area contributed by atoms with E-state index in [1.807, 2.05) is 6.92 Å². The molecule has 0 bridgehead atoms. The standard InChI is InChI=1S/C12H16F2N2O3S/c1-2-3-4-5-11(17)16-12-9(13)6-8(7-10(12)14)20(15,18)19/h6-7H,2-5H2,1H3,(H,16,17)(H2,15,18,19). The molecule has 112 valence electrons. The highest BCUT2D eigenvalue weighted by Gasteiger charge is 2.18. The summed E-state index contributed by atoms with van der Waals surface area (Å²) in [7, 11) is -4.20. The Hall–Kier alpha value is -1.54. The molecule has 0 spiro atoms. The topological polar surface area (TPSA) is 89.3 Å². The van der Waals surface area contributed by atoms with Crippen LogP contribution in [-0.4, -0.2) is 14.3 Å². The summed E-state index contributed by atoms with van der Waals surface area (Å²) in [5.41, 5.74) is -0.668. The molecule has 0 saturated heterocycles. The van der Waals surface area contributed by atoms with Crippen LogP contribution < -0.4 is 10.5 Å². The van der Waals surface area contributed by atoms with Crippen molar-refractivity contribution in [1.29, 1.82) is 0 Å². The minimum Gasteiger partial charge on any atom is -0.321 e. The highest BCUT2D eigenvalue weighted by molar-refractivity contribution is 7.89. The predicted molar refractivity (Wildman–Crippen MR) is 70.5 cm³/mol. The van der Waals surface area contributed by atoms with Gasteiger partial charge in [-0.15, -0.1) is 0 Å². The normalized spacial score (nSPS) is 11.4. The van der Waals surface area contributed by atoms with Crippen LogP contribution >= 0.6 is 0 Å². The molecule has 3 N–H and O–H groups in total. The van der Waals surface area contributed by atoms with E-state index >= 15 is 0 Å². The number of anilines is 1. The van der Waals surface area contributed by atoms with Crippen LogP contribution in [-0.2, 0) is 14.8 Å². The van der Waals surface area contributed by atoms with Gasteiger partial charge in [0.1, 0.15) is 5.69 Å². The summed E-state index contributed by atoms with van der Waals surface area (Å²) >= 11 is 0. The molecule has 1 aromatic carbocycles. The summed E-state index contributed by atoms with van der Waals surface area (Å²) < 4.78 is 49.2. The minimum absolute atomic E-state index is 0.143. The van der Waals surface area contributed by atoms with E-state index in [4.69, 9.17) is 5.14 Å². The van der Waals surface area contributed by atoms with Crippen LogP contribution in [0, 0.1) is 11.6 Å². The van der Waals surface area contributed by atoms with Crippen molar-refractivity contribution in [1.82, 2.24) is 0 Å². The number of rotatable bonds is 6. The van der Waals surface area contributed by atoms with Gasteiger partial charge < -0.3 is 5.32 Å². The molecule has 8 heteroatoms. The van der Waals surface area contributed by atoms with E-state index in [-0.39, 0.29) is 6.42 Å². The zero-order chi connectivity index (χ0) is 15.3. The summed E-state index contributed by atoms with van der Waals surface area (Å²) in [5, 5.41) is 6.87. The van der Waals surface area contributed by atoms with Gasteiger partial charge in [0, 0.05) is 6.42 Å². The number of halogens is 2. The fourth-order valence-electron chi connectivity index (χ4n) is 1.57. The zero-order valence-electron chi connectivity index (χ0n) is 10.9. The molecule has 0 unspecified atom stereocenters. The van der Waals surface area contributed by atoms with Gasteiger partial charge in [-0.1, -0.05) is 19.8 Å². The van der Waals surface area contributed by atoms with E-state index in [0.29, 0.717) is 18.6 Å². The smallest absolute Gasteiger partial charge is 0.238 e. The average molecular weight is 306 g/mol. The van der Waals surface area contributed by atoms with E-state index in [2.05, 4.69) is 5.32 Å². The second kappa shape index (κ2) is 6.76. The number of amides is 1. The largest absolute Gasteiger partial charge is 0.321 e. The van der Waals surface area contributed by atoms with Crippen molar-refractivity contribution in [3.63, 3.8) is 0 Å². The molecule has 0 fully saturated rings. The lowest BCUT2D eigenvalue weighted by Gasteiger charge is -2.09. The number of sulfonamides is 1. The summed E-state index contributed by atoms with van der Waals surface area (Å²) in [6, 6.07) is 1.14. The molecule has 0 aromatic heterocycles. The zero-order valence-corrected chi connectivity index (χ0v) is 11.8. The van der Waals surface area contributed by atoms with Gasteiger partial charge in [-0.25, -0.2) is 22.3 Å². The Balaban J connectivity index is 2.90. The number of nitrogens with two attached hydrogens (primary N) is 1. The van der Waals surface area contributed by atoms with Crippen molar-refractivity contribution in [2.45, 2.75) is 37.5 Å². The molecular weight excluding hydrogens is 290 g/mol. The lowest BCUT2D eigenvalue weighted by atomic mass is 10.2. The maximum Gasteiger partial charge on any atom is 0.238 e. The van der Waals surface area contributed by atoms with Gasteiger partial charge in [-0.05, 0) is 18.6 Å². The number of carbonyl (C=O) groups excluding carboxylic acids is 1. The molecule has 1 amide bonds. The van der Waals surface area contributed by atoms with Crippen LogP contribution in [0.25, 0.3) is 0 Å². The molecule has 20 heavy (non-hydrogen) atoms. The Kier molecular flexibility index (Phi) is 5.58. The van der Waals surface area contributed by atoms with Crippen molar-refractivity contribution in [3.05, 3.63) is 23.8 Å². The molecule has 0 aliphatic carbocycles. The van der Waals surface area contributed by atoms with Gasteiger partial charge in [-0.3, -0.25) is 4.79 Å². The summed E-state index contributed by atoms with van der Waals surface area (Å²) in [6.45, 7) is 1.96. The molecule has 0 heterocycles. The van der Waals surface area contributed by atoms with Gasteiger partial charge in [-0.2, -0.15) is 0 Å². The van der Waals surface area contributed by atoms with Gasteiger partial charge >= 0.3 is 0 Å². The second-order valence-corrected chi connectivity index (χ2v) is 5.87. The highest BCUT2D eigenvalue weighted by Crippen LogP contribution is 2.23. The number of hydrogen-bond acceptors (Lipinski definition) is 3. The van der Waals surface area contributed by atoms with E-state index in [1.165, 1.54) is 0 Å². The highest BCUT2D eigenvalue weighted by atomic mass is 32.2. The van der Waals surface area contributed by atoms with E-state index < -0.39 is 38.1 Å². The number of nitrogens with one attached hydrogen (secondary N) is 1. The van der Waals surface area contributed by atoms with Crippen molar-refractivity contribution in [3.8, 4) is 0 Å². The first-order valence-corrected chi connectivity index (χ1v) is 7.62. The Morgan fingerprint density at radius 3 is 2.25 bits per heavy atom. The van der Waals surface area contributed by atoms with Gasteiger partial charge in [0.15, 0.2) is 11.6 Å². The number of carbonyl (C=O) groups is 1. The number of primary sulfonamides is 1. The molecule has 1 aromatic rings. The second-order valence-electron chi connectivity index (χ2n) is 4.31. The molecule has 0 aliphatic rings. The molecule has 0 aliphatic heterocycles. The number of hydrogen-bond donors (Lipinski definition) is 2. The third kappa shape index (κ3) is 4.53. The molecule has 0 saturated carbocycles. The molecule has 1 rings (SSSR count). The maximum absolute atomic E-state index is 13.6. The number of benzene rings is 1. The molecule has 0 atom stereocenters. The Morgan fingerprint density at radius 2 is 1.80 bits per heavy atom. The van der Waals surface area contributed by atoms with Crippen LogP contribution in [0.15, 0.2) is 17.0 Å². The van der Waals surface area contributed by atoms with Crippen LogP contribution in [0.3, 0.4) is 0 Å². The van der Waals surface area contributed by atoms with Crippen molar-refractivity contribution in [2.24, 2.45) is 5.14 Å². The van der Waals surface area contributed by atoms with E-state index in [9.17, 15) is 22.0 Å². The summed E-state index contributed by atoms with van der Waals surface area (Å²) in [4.78, 5) is 10.8. The van der Waals surface area contributed by atoms with Gasteiger partial charge in [0.05, 0.1) is 4.90 Å². The van der Waals surface area contributed by atoms with Crippen molar-refractivity contribution < 1.29 is 22.0 Å². The van der Waals surface area contributed by atoms with Crippen LogP contribution in [0.5, 0.6) is 0 Å². The lowest BCUT2D eigenvalue weighted by Crippen LogP contribution is -2.16. The third-order valence-corrected chi connectivity index (χ3v) is 3.51. The monoisotopic (exact) mass is 306 g/mol. The van der Waals surface area contributed by atoms with Crippen LogP contribution in [0.4, 0.5) is 14.5 Å². The summed E-state index contributed by atoms with van der Waals surface area (Å²) in [5.74, 6) is -2.89. The first-order valence-electron chi connectivity index (χ1n) is 6.07. The summed E-state index contributed by atoms with van der Waals surface area (Å²) in [6.07, 6.45) is 2.51. The Labute approximate surface area is 116 Å². The third-order valence-electron chi connectivity index (χ3n) is 2.62. The van der Waals surface area contributed by atoms with E-state index in [1.54, 1.807) is 0 Å². The average Bonchev–Trinajstić information content (AvgIpc) is 2.32. The SMILES string of the molecule is CCCCCC(=O)Nc1c(F)cc(S(N)(=O)=O)cc1F. The predicted octanol–water partition coefficient (Wildman–Crippen LogP) is 2.13.